The van der Waals surface area contributed by atoms with E-state index >= 15 is 0 Å². The Bertz CT molecular complexity index is 680. The topological polar surface area (TPSA) is 105 Å². The number of aromatic amines is 1. The van der Waals surface area contributed by atoms with Gasteiger partial charge in [0.05, 0.1) is 11.1 Å². The molecular weight excluding hydrogens is 284 g/mol. The third-order valence-electron chi connectivity index (χ3n) is 2.45. The number of aromatic hydroxyl groups is 1. The molecule has 0 spiro atoms. The van der Waals surface area contributed by atoms with E-state index in [2.05, 4.69) is 10.2 Å². The second kappa shape index (κ2) is 4.47. The quantitative estimate of drug-likeness (QED) is 0.727. The number of primary amides is 1. The van der Waals surface area contributed by atoms with Crippen LogP contribution in [0, 0.1) is 5.82 Å². The molecule has 20 heavy (non-hydrogen) atoms. The van der Waals surface area contributed by atoms with E-state index in [4.69, 9.17) is 5.73 Å². The van der Waals surface area contributed by atoms with Crippen LogP contribution >= 0.6 is 0 Å². The summed E-state index contributed by atoms with van der Waals surface area (Å²) in [6, 6.07) is 0.871. The van der Waals surface area contributed by atoms with E-state index in [1.165, 1.54) is 0 Å². The first-order chi connectivity index (χ1) is 9.23. The van der Waals surface area contributed by atoms with Crippen LogP contribution in [0.5, 0.6) is 5.75 Å². The molecule has 0 radical (unpaired) electrons. The van der Waals surface area contributed by atoms with Crippen LogP contribution in [0.1, 0.15) is 16.1 Å². The zero-order chi connectivity index (χ0) is 15.1. The number of nitrogens with zero attached hydrogens (tertiary/aromatic N) is 2. The van der Waals surface area contributed by atoms with Crippen LogP contribution in [-0.4, -0.2) is 26.4 Å². The summed E-state index contributed by atoms with van der Waals surface area (Å²) in [5.74, 6) is -3.73. The number of rotatable bonds is 2. The van der Waals surface area contributed by atoms with Gasteiger partial charge in [0.2, 0.25) is 0 Å². The van der Waals surface area contributed by atoms with Gasteiger partial charge in [0.1, 0.15) is 17.3 Å². The largest absolute Gasteiger partial charge is 0.506 e. The van der Waals surface area contributed by atoms with Crippen LogP contribution in [0.15, 0.2) is 12.1 Å². The number of carbonyl (C=O) groups excluding carboxylic acids is 1. The standard InChI is InChI=1S/C10H6F4N4O2/c11-4-2-1-3(10(12,13)14)8(19)5(4)6-7(9(15)20)17-18-16-6/h1-2,19H,(H2,15,20)(H,16,17,18). The first-order valence-corrected chi connectivity index (χ1v) is 5.03. The van der Waals surface area contributed by atoms with E-state index in [0.717, 1.165) is 0 Å². The molecule has 0 saturated carbocycles. The molecule has 1 amide bonds. The normalized spacial score (nSPS) is 11.6. The Morgan fingerprint density at radius 3 is 2.50 bits per heavy atom. The summed E-state index contributed by atoms with van der Waals surface area (Å²) in [7, 11) is 0. The highest BCUT2D eigenvalue weighted by atomic mass is 19.4. The maximum absolute atomic E-state index is 13.7. The van der Waals surface area contributed by atoms with Crippen LogP contribution in [0.4, 0.5) is 17.6 Å². The third-order valence-corrected chi connectivity index (χ3v) is 2.45. The zero-order valence-corrected chi connectivity index (χ0v) is 9.49. The minimum atomic E-state index is -4.90. The number of carbonyl (C=O) groups is 1. The van der Waals surface area contributed by atoms with E-state index in [9.17, 15) is 27.5 Å². The summed E-state index contributed by atoms with van der Waals surface area (Å²) >= 11 is 0. The fourth-order valence-electron chi connectivity index (χ4n) is 1.60. The van der Waals surface area contributed by atoms with Crippen molar-refractivity contribution in [3.63, 3.8) is 0 Å². The lowest BCUT2D eigenvalue weighted by atomic mass is 10.0. The molecule has 0 bridgehead atoms. The van der Waals surface area contributed by atoms with Crippen molar-refractivity contribution >= 4 is 5.91 Å². The van der Waals surface area contributed by atoms with Crippen molar-refractivity contribution < 1.29 is 27.5 Å². The number of aromatic nitrogens is 3. The molecule has 106 valence electrons. The molecule has 0 unspecified atom stereocenters. The number of halogens is 4. The van der Waals surface area contributed by atoms with Gasteiger partial charge in [0.25, 0.3) is 5.91 Å². The third kappa shape index (κ3) is 2.15. The van der Waals surface area contributed by atoms with Gasteiger partial charge in [-0.3, -0.25) is 4.79 Å². The van der Waals surface area contributed by atoms with Crippen molar-refractivity contribution in [2.45, 2.75) is 6.18 Å². The van der Waals surface area contributed by atoms with Crippen molar-refractivity contribution in [1.82, 2.24) is 15.4 Å². The number of phenolic OH excluding ortho intramolecular Hbond substituents is 1. The van der Waals surface area contributed by atoms with Crippen LogP contribution in [0.2, 0.25) is 0 Å². The lowest BCUT2D eigenvalue weighted by Gasteiger charge is -2.12. The molecule has 4 N–H and O–H groups in total. The summed E-state index contributed by atoms with van der Waals surface area (Å²) in [4.78, 5) is 11.0. The Hall–Kier alpha value is -2.65. The number of nitrogens with one attached hydrogen (secondary N) is 1. The van der Waals surface area contributed by atoms with E-state index in [-0.39, 0.29) is 0 Å². The summed E-state index contributed by atoms with van der Waals surface area (Å²) in [5.41, 5.74) is 1.38. The first-order valence-electron chi connectivity index (χ1n) is 5.03. The minimum absolute atomic E-state index is 0.373. The summed E-state index contributed by atoms with van der Waals surface area (Å²) in [6.07, 6.45) is -4.90. The average molecular weight is 290 g/mol. The van der Waals surface area contributed by atoms with Crippen molar-refractivity contribution in [2.75, 3.05) is 0 Å². The number of hydrogen-bond acceptors (Lipinski definition) is 4. The van der Waals surface area contributed by atoms with Gasteiger partial charge in [-0.25, -0.2) is 4.39 Å². The lowest BCUT2D eigenvalue weighted by molar-refractivity contribution is -0.138. The molecule has 0 aliphatic heterocycles. The van der Waals surface area contributed by atoms with E-state index in [1.54, 1.807) is 0 Å². The highest BCUT2D eigenvalue weighted by Crippen LogP contribution is 2.42. The van der Waals surface area contributed by atoms with Crippen LogP contribution in [-0.2, 0) is 6.18 Å². The number of phenols is 1. The molecule has 0 aliphatic rings. The Kier molecular flexibility index (Phi) is 3.08. The highest BCUT2D eigenvalue weighted by Gasteiger charge is 2.37. The van der Waals surface area contributed by atoms with Crippen LogP contribution < -0.4 is 5.73 Å². The maximum Gasteiger partial charge on any atom is 0.419 e. The molecule has 6 nitrogen and oxygen atoms in total. The molecule has 0 aliphatic carbocycles. The van der Waals surface area contributed by atoms with Gasteiger partial charge in [-0.15, -0.1) is 0 Å². The molecule has 0 atom stereocenters. The predicted octanol–water partition coefficient (Wildman–Crippen LogP) is 1.43. The molecule has 2 aromatic rings. The number of nitrogens with two attached hydrogens (primary N) is 1. The van der Waals surface area contributed by atoms with Crippen molar-refractivity contribution in [1.29, 1.82) is 0 Å². The van der Waals surface area contributed by atoms with Crippen LogP contribution in [0.25, 0.3) is 11.3 Å². The molecule has 10 heteroatoms. The Morgan fingerprint density at radius 1 is 1.30 bits per heavy atom. The van der Waals surface area contributed by atoms with Crippen molar-refractivity contribution in [3.05, 3.63) is 29.2 Å². The predicted molar refractivity (Wildman–Crippen MR) is 57.0 cm³/mol. The van der Waals surface area contributed by atoms with E-state index < -0.39 is 46.2 Å². The van der Waals surface area contributed by atoms with Crippen LogP contribution in [0.3, 0.4) is 0 Å². The Morgan fingerprint density at radius 2 is 1.95 bits per heavy atom. The summed E-state index contributed by atoms with van der Waals surface area (Å²) in [5, 5.41) is 18.2. The number of hydrogen-bond donors (Lipinski definition) is 3. The van der Waals surface area contributed by atoms with Gasteiger partial charge in [0.15, 0.2) is 5.69 Å². The summed E-state index contributed by atoms with van der Waals surface area (Å²) in [6.45, 7) is 0. The van der Waals surface area contributed by atoms with Gasteiger partial charge < -0.3 is 10.8 Å². The molecule has 1 aromatic heterocycles. The zero-order valence-electron chi connectivity index (χ0n) is 9.49. The minimum Gasteiger partial charge on any atom is -0.506 e. The fraction of sp³-hybridized carbons (Fsp3) is 0.100. The van der Waals surface area contributed by atoms with Crippen molar-refractivity contribution in [2.24, 2.45) is 5.73 Å². The Labute approximate surface area is 108 Å². The van der Waals surface area contributed by atoms with E-state index in [0.29, 0.717) is 12.1 Å². The van der Waals surface area contributed by atoms with Crippen molar-refractivity contribution in [3.8, 4) is 17.0 Å². The molecule has 0 fully saturated rings. The van der Waals surface area contributed by atoms with Gasteiger partial charge in [0, 0.05) is 0 Å². The fourth-order valence-corrected chi connectivity index (χ4v) is 1.60. The summed E-state index contributed by atoms with van der Waals surface area (Å²) < 4.78 is 51.6. The molecular formula is C10H6F4N4O2. The van der Waals surface area contributed by atoms with Gasteiger partial charge in [-0.05, 0) is 12.1 Å². The number of amides is 1. The second-order valence-electron chi connectivity index (χ2n) is 3.70. The molecule has 0 saturated heterocycles. The SMILES string of the molecule is NC(=O)c1n[nH]nc1-c1c(F)ccc(C(F)(F)F)c1O. The Balaban J connectivity index is 2.74. The lowest BCUT2D eigenvalue weighted by Crippen LogP contribution is -2.13. The maximum atomic E-state index is 13.7. The monoisotopic (exact) mass is 290 g/mol. The number of H-pyrrole nitrogens is 1. The number of alkyl halides is 3. The molecule has 1 heterocycles. The molecule has 1 aromatic carbocycles. The average Bonchev–Trinajstić information content (AvgIpc) is 2.76. The van der Waals surface area contributed by atoms with Gasteiger partial charge in [-0.2, -0.15) is 28.6 Å². The van der Waals surface area contributed by atoms with Gasteiger partial charge in [-0.1, -0.05) is 0 Å². The number of benzene rings is 1. The first kappa shape index (κ1) is 13.8. The highest BCUT2D eigenvalue weighted by molar-refractivity contribution is 5.97. The van der Waals surface area contributed by atoms with Gasteiger partial charge >= 0.3 is 6.18 Å². The smallest absolute Gasteiger partial charge is 0.419 e. The molecule has 2 rings (SSSR count). The van der Waals surface area contributed by atoms with E-state index in [1.807, 2.05) is 5.21 Å². The second-order valence-corrected chi connectivity index (χ2v) is 3.70.